The fourth-order valence-corrected chi connectivity index (χ4v) is 5.16. The molecule has 3 rings (SSSR count). The molecular weight excluding hydrogens is 399 g/mol. The molecule has 0 bridgehead atoms. The van der Waals surface area contributed by atoms with Crippen LogP contribution in [0, 0.1) is 5.92 Å². The maximum absolute atomic E-state index is 12.9. The summed E-state index contributed by atoms with van der Waals surface area (Å²) >= 11 is 0. The van der Waals surface area contributed by atoms with Crippen molar-refractivity contribution in [2.75, 3.05) is 13.1 Å². The minimum atomic E-state index is -4.33. The molecule has 158 valence electrons. The van der Waals surface area contributed by atoms with E-state index in [2.05, 4.69) is 13.8 Å². The quantitative estimate of drug-likeness (QED) is 0.637. The number of hydrogen-bond acceptors (Lipinski definition) is 2. The van der Waals surface area contributed by atoms with Crippen molar-refractivity contribution in [2.24, 2.45) is 5.92 Å². The number of hydrogen-bond donors (Lipinski definition) is 0. The summed E-state index contributed by atoms with van der Waals surface area (Å²) in [5, 5.41) is 0. The first kappa shape index (κ1) is 21.8. The number of piperidine rings is 1. The molecule has 3 nitrogen and oxygen atoms in total. The number of alkyl halides is 3. The van der Waals surface area contributed by atoms with Gasteiger partial charge in [-0.3, -0.25) is 0 Å². The minimum absolute atomic E-state index is 0.265. The van der Waals surface area contributed by atoms with Crippen LogP contribution in [0.15, 0.2) is 53.4 Å². The molecule has 0 amide bonds. The first-order valence-corrected chi connectivity index (χ1v) is 11.3. The zero-order valence-corrected chi connectivity index (χ0v) is 17.4. The number of sulfonamides is 1. The Kier molecular flexibility index (Phi) is 6.39. The summed E-state index contributed by atoms with van der Waals surface area (Å²) in [6.07, 6.45) is -2.27. The monoisotopic (exact) mass is 425 g/mol. The van der Waals surface area contributed by atoms with Crippen LogP contribution in [0.25, 0.3) is 0 Å². The molecule has 1 fully saturated rings. The van der Waals surface area contributed by atoms with E-state index in [0.29, 0.717) is 43.2 Å². The van der Waals surface area contributed by atoms with Gasteiger partial charge in [-0.2, -0.15) is 17.5 Å². The van der Waals surface area contributed by atoms with Gasteiger partial charge < -0.3 is 0 Å². The van der Waals surface area contributed by atoms with Gasteiger partial charge in [-0.1, -0.05) is 38.1 Å². The molecule has 0 radical (unpaired) electrons. The molecule has 29 heavy (non-hydrogen) atoms. The second-order valence-corrected chi connectivity index (χ2v) is 9.91. The zero-order valence-electron chi connectivity index (χ0n) is 16.6. The van der Waals surface area contributed by atoms with Crippen LogP contribution in [0.1, 0.15) is 49.3 Å². The van der Waals surface area contributed by atoms with Gasteiger partial charge in [0.15, 0.2) is 0 Å². The van der Waals surface area contributed by atoms with Crippen LogP contribution >= 0.6 is 0 Å². The topological polar surface area (TPSA) is 37.4 Å². The maximum atomic E-state index is 12.9. The van der Waals surface area contributed by atoms with Crippen LogP contribution in [0.2, 0.25) is 0 Å². The van der Waals surface area contributed by atoms with Crippen LogP contribution in [0.4, 0.5) is 13.2 Å². The van der Waals surface area contributed by atoms with E-state index in [0.717, 1.165) is 23.3 Å². The Hall–Kier alpha value is -1.86. The molecule has 7 heteroatoms. The highest BCUT2D eigenvalue weighted by atomic mass is 32.2. The fourth-order valence-electron chi connectivity index (χ4n) is 3.69. The van der Waals surface area contributed by atoms with Crippen molar-refractivity contribution in [3.8, 4) is 0 Å². The van der Waals surface area contributed by atoms with Crippen molar-refractivity contribution in [3.63, 3.8) is 0 Å². The third-order valence-electron chi connectivity index (χ3n) is 5.56. The van der Waals surface area contributed by atoms with Gasteiger partial charge in [0.25, 0.3) is 0 Å². The maximum Gasteiger partial charge on any atom is 0.416 e. The van der Waals surface area contributed by atoms with Gasteiger partial charge in [0.05, 0.1) is 10.5 Å². The Morgan fingerprint density at radius 3 is 2.00 bits per heavy atom. The largest absolute Gasteiger partial charge is 0.416 e. The lowest BCUT2D eigenvalue weighted by atomic mass is 9.91. The minimum Gasteiger partial charge on any atom is -0.207 e. The Bertz CT molecular complexity index is 912. The Morgan fingerprint density at radius 1 is 0.966 bits per heavy atom. The lowest BCUT2D eigenvalue weighted by molar-refractivity contribution is -0.137. The Morgan fingerprint density at radius 2 is 1.52 bits per heavy atom. The summed E-state index contributed by atoms with van der Waals surface area (Å²) in [6.45, 7) is 4.98. The van der Waals surface area contributed by atoms with Crippen LogP contribution < -0.4 is 0 Å². The molecule has 0 unspecified atom stereocenters. The van der Waals surface area contributed by atoms with Crippen LogP contribution in [-0.2, 0) is 22.6 Å². The van der Waals surface area contributed by atoms with Crippen molar-refractivity contribution in [1.82, 2.24) is 4.31 Å². The summed E-state index contributed by atoms with van der Waals surface area (Å²) in [5.74, 6) is 0.606. The molecule has 1 aliphatic rings. The molecule has 1 saturated heterocycles. The molecule has 2 aromatic carbocycles. The molecule has 0 aromatic heterocycles. The number of benzene rings is 2. The number of halogens is 3. The van der Waals surface area contributed by atoms with E-state index in [1.165, 1.54) is 16.4 Å². The first-order valence-electron chi connectivity index (χ1n) is 9.83. The second-order valence-electron chi connectivity index (χ2n) is 7.97. The molecule has 0 aliphatic carbocycles. The van der Waals surface area contributed by atoms with Gasteiger partial charge >= 0.3 is 6.18 Å². The predicted octanol–water partition coefficient (Wildman–Crippen LogP) is 5.47. The standard InChI is InChI=1S/C22H26F3NO2S/c1-16(2)19-5-9-21(10-6-19)29(27,28)26-13-11-18(12-14-26)15-17-3-7-20(8-4-17)22(23,24)25/h3-10,16,18H,11-15H2,1-2H3. The van der Waals surface area contributed by atoms with E-state index in [1.807, 2.05) is 12.1 Å². The van der Waals surface area contributed by atoms with Crippen LogP contribution in [0.3, 0.4) is 0 Å². The lowest BCUT2D eigenvalue weighted by Crippen LogP contribution is -2.38. The highest BCUT2D eigenvalue weighted by Gasteiger charge is 2.31. The molecule has 0 N–H and O–H groups in total. The van der Waals surface area contributed by atoms with E-state index >= 15 is 0 Å². The van der Waals surface area contributed by atoms with Gasteiger partial charge in [-0.15, -0.1) is 0 Å². The number of rotatable bonds is 5. The summed E-state index contributed by atoms with van der Waals surface area (Å²) in [5.41, 5.74) is 1.30. The van der Waals surface area contributed by atoms with Gasteiger partial charge in [-0.25, -0.2) is 8.42 Å². The first-order chi connectivity index (χ1) is 13.6. The van der Waals surface area contributed by atoms with Crippen molar-refractivity contribution >= 4 is 10.0 Å². The van der Waals surface area contributed by atoms with Crippen molar-refractivity contribution in [2.45, 2.75) is 50.1 Å². The van der Waals surface area contributed by atoms with Crippen molar-refractivity contribution in [3.05, 3.63) is 65.2 Å². The summed E-state index contributed by atoms with van der Waals surface area (Å²) in [6, 6.07) is 12.3. The molecule has 0 atom stereocenters. The Balaban J connectivity index is 1.59. The van der Waals surface area contributed by atoms with E-state index in [1.54, 1.807) is 12.1 Å². The van der Waals surface area contributed by atoms with Gasteiger partial charge in [-0.05, 0) is 66.5 Å². The summed E-state index contributed by atoms with van der Waals surface area (Å²) < 4.78 is 65.3. The van der Waals surface area contributed by atoms with Gasteiger partial charge in [0.1, 0.15) is 0 Å². The highest BCUT2D eigenvalue weighted by Crippen LogP contribution is 2.31. The van der Waals surface area contributed by atoms with Crippen molar-refractivity contribution < 1.29 is 21.6 Å². The SMILES string of the molecule is CC(C)c1ccc(S(=O)(=O)N2CCC(Cc3ccc(C(F)(F)F)cc3)CC2)cc1. The smallest absolute Gasteiger partial charge is 0.207 e. The average Bonchev–Trinajstić information content (AvgIpc) is 2.68. The van der Waals surface area contributed by atoms with E-state index < -0.39 is 21.8 Å². The summed E-state index contributed by atoms with van der Waals surface area (Å²) in [4.78, 5) is 0.308. The van der Waals surface area contributed by atoms with E-state index in [-0.39, 0.29) is 5.92 Å². The van der Waals surface area contributed by atoms with E-state index in [4.69, 9.17) is 0 Å². The number of nitrogens with zero attached hydrogens (tertiary/aromatic N) is 1. The fraction of sp³-hybridized carbons (Fsp3) is 0.455. The molecule has 0 saturated carbocycles. The predicted molar refractivity (Wildman–Crippen MR) is 107 cm³/mol. The second kappa shape index (κ2) is 8.48. The molecule has 0 spiro atoms. The normalized spacial score (nSPS) is 17.0. The lowest BCUT2D eigenvalue weighted by Gasteiger charge is -2.31. The van der Waals surface area contributed by atoms with Crippen LogP contribution in [-0.4, -0.2) is 25.8 Å². The van der Waals surface area contributed by atoms with Gasteiger partial charge in [0.2, 0.25) is 10.0 Å². The zero-order chi connectivity index (χ0) is 21.2. The highest BCUT2D eigenvalue weighted by molar-refractivity contribution is 7.89. The Labute approximate surface area is 170 Å². The summed E-state index contributed by atoms with van der Waals surface area (Å²) in [7, 11) is -3.51. The third-order valence-corrected chi connectivity index (χ3v) is 7.48. The average molecular weight is 426 g/mol. The molecular formula is C22H26F3NO2S. The van der Waals surface area contributed by atoms with Gasteiger partial charge in [0, 0.05) is 13.1 Å². The van der Waals surface area contributed by atoms with Crippen molar-refractivity contribution in [1.29, 1.82) is 0 Å². The molecule has 1 aliphatic heterocycles. The van der Waals surface area contributed by atoms with Crippen LogP contribution in [0.5, 0.6) is 0 Å². The molecule has 1 heterocycles. The third kappa shape index (κ3) is 5.20. The van der Waals surface area contributed by atoms with E-state index in [9.17, 15) is 21.6 Å². The molecule has 2 aromatic rings.